The highest BCUT2D eigenvalue weighted by molar-refractivity contribution is 7.98. The average Bonchev–Trinajstić information content (AvgIpc) is 2.84. The molecule has 0 spiro atoms. The molecule has 1 heterocycles. The summed E-state index contributed by atoms with van der Waals surface area (Å²) in [7, 11) is 0. The summed E-state index contributed by atoms with van der Waals surface area (Å²) in [6, 6.07) is 0.309. The molecule has 1 aromatic heterocycles. The third-order valence-corrected chi connectivity index (χ3v) is 2.59. The molecule has 6 heteroatoms. The predicted molar refractivity (Wildman–Crippen MR) is 47.0 cm³/mol. The van der Waals surface area contributed by atoms with Crippen molar-refractivity contribution in [3.63, 3.8) is 0 Å². The molecule has 0 aromatic carbocycles. The molecule has 5 nitrogen and oxygen atoms in total. The van der Waals surface area contributed by atoms with Crippen LogP contribution in [0.5, 0.6) is 0 Å². The Bertz CT molecular complexity index is 346. The molecule has 0 amide bonds. The molecule has 2 rings (SSSR count). The van der Waals surface area contributed by atoms with E-state index in [1.807, 2.05) is 6.26 Å². The molecule has 1 saturated carbocycles. The Morgan fingerprint density at radius 3 is 2.77 bits per heavy atom. The summed E-state index contributed by atoms with van der Waals surface area (Å²) < 4.78 is 1.72. The van der Waals surface area contributed by atoms with E-state index in [0.29, 0.717) is 11.2 Å². The second-order valence-electron chi connectivity index (χ2n) is 2.92. The fraction of sp³-hybridized carbons (Fsp3) is 0.571. The van der Waals surface area contributed by atoms with Crippen molar-refractivity contribution in [2.45, 2.75) is 24.0 Å². The van der Waals surface area contributed by atoms with Crippen molar-refractivity contribution in [2.75, 3.05) is 6.26 Å². The molecule has 0 radical (unpaired) electrons. The summed E-state index contributed by atoms with van der Waals surface area (Å²) in [5.41, 5.74) is 0. The maximum Gasteiger partial charge on any atom is 0.374 e. The molecule has 1 fully saturated rings. The van der Waals surface area contributed by atoms with Gasteiger partial charge in [-0.3, -0.25) is 4.57 Å². The SMILES string of the molecule is CSc1nnc(C(=O)O)n1C1CC1. The molecular weight excluding hydrogens is 190 g/mol. The van der Waals surface area contributed by atoms with Crippen LogP contribution in [0.25, 0.3) is 0 Å². The second kappa shape index (κ2) is 3.02. The summed E-state index contributed by atoms with van der Waals surface area (Å²) in [5.74, 6) is -0.938. The maximum absolute atomic E-state index is 10.8. The monoisotopic (exact) mass is 199 g/mol. The van der Waals surface area contributed by atoms with Crippen LogP contribution in [0.2, 0.25) is 0 Å². The van der Waals surface area contributed by atoms with Gasteiger partial charge >= 0.3 is 5.97 Å². The zero-order chi connectivity index (χ0) is 9.42. The number of carboxylic acids is 1. The lowest BCUT2D eigenvalue weighted by Gasteiger charge is -2.03. The zero-order valence-corrected chi connectivity index (χ0v) is 7.91. The fourth-order valence-corrected chi connectivity index (χ4v) is 1.78. The van der Waals surface area contributed by atoms with Crippen molar-refractivity contribution in [3.8, 4) is 0 Å². The van der Waals surface area contributed by atoms with Gasteiger partial charge in [0.05, 0.1) is 0 Å². The molecule has 0 bridgehead atoms. The minimum Gasteiger partial charge on any atom is -0.475 e. The van der Waals surface area contributed by atoms with Gasteiger partial charge in [0.25, 0.3) is 0 Å². The van der Waals surface area contributed by atoms with Crippen molar-refractivity contribution < 1.29 is 9.90 Å². The van der Waals surface area contributed by atoms with E-state index in [0.717, 1.165) is 12.8 Å². The number of rotatable bonds is 3. The van der Waals surface area contributed by atoms with Crippen molar-refractivity contribution in [2.24, 2.45) is 0 Å². The quantitative estimate of drug-likeness (QED) is 0.736. The standard InChI is InChI=1S/C7H9N3O2S/c1-13-7-9-8-5(6(11)12)10(7)4-2-3-4/h4H,2-3H2,1H3,(H,11,12). The topological polar surface area (TPSA) is 68.0 Å². The fourth-order valence-electron chi connectivity index (χ4n) is 1.22. The Hall–Kier alpha value is -1.04. The molecule has 1 N–H and O–H groups in total. The largest absolute Gasteiger partial charge is 0.475 e. The first-order valence-electron chi connectivity index (χ1n) is 3.96. The molecule has 1 aromatic rings. The minimum absolute atomic E-state index is 0.0619. The third-order valence-electron chi connectivity index (χ3n) is 1.95. The van der Waals surface area contributed by atoms with E-state index >= 15 is 0 Å². The van der Waals surface area contributed by atoms with Crippen molar-refractivity contribution in [1.82, 2.24) is 14.8 Å². The summed E-state index contributed by atoms with van der Waals surface area (Å²) in [6.07, 6.45) is 3.94. The number of aromatic nitrogens is 3. The van der Waals surface area contributed by atoms with Gasteiger partial charge in [0.2, 0.25) is 5.82 Å². The highest BCUT2D eigenvalue weighted by atomic mass is 32.2. The predicted octanol–water partition coefficient (Wildman–Crippen LogP) is 1.03. The van der Waals surface area contributed by atoms with Gasteiger partial charge in [0.15, 0.2) is 5.16 Å². The summed E-state index contributed by atoms with van der Waals surface area (Å²) in [4.78, 5) is 10.8. The van der Waals surface area contributed by atoms with E-state index in [1.165, 1.54) is 11.8 Å². The van der Waals surface area contributed by atoms with Gasteiger partial charge in [-0.1, -0.05) is 11.8 Å². The van der Waals surface area contributed by atoms with E-state index in [9.17, 15) is 4.79 Å². The first-order chi connectivity index (χ1) is 6.24. The highest BCUT2D eigenvalue weighted by Crippen LogP contribution is 2.38. The van der Waals surface area contributed by atoms with Crippen LogP contribution in [0.3, 0.4) is 0 Å². The number of hydrogen-bond donors (Lipinski definition) is 1. The number of nitrogens with zero attached hydrogens (tertiary/aromatic N) is 3. The molecule has 0 aliphatic heterocycles. The highest BCUT2D eigenvalue weighted by Gasteiger charge is 2.31. The Morgan fingerprint density at radius 1 is 1.62 bits per heavy atom. The van der Waals surface area contributed by atoms with Crippen LogP contribution in [0, 0.1) is 0 Å². The van der Waals surface area contributed by atoms with E-state index in [2.05, 4.69) is 10.2 Å². The van der Waals surface area contributed by atoms with E-state index in [4.69, 9.17) is 5.11 Å². The number of aromatic carboxylic acids is 1. The number of carbonyl (C=O) groups is 1. The number of hydrogen-bond acceptors (Lipinski definition) is 4. The summed E-state index contributed by atoms with van der Waals surface area (Å²) >= 11 is 1.43. The van der Waals surface area contributed by atoms with Crippen LogP contribution in [-0.4, -0.2) is 32.1 Å². The first kappa shape index (κ1) is 8.55. The average molecular weight is 199 g/mol. The molecule has 0 saturated heterocycles. The minimum atomic E-state index is -1.00. The molecule has 1 aliphatic carbocycles. The Kier molecular flexibility index (Phi) is 1.99. The molecule has 0 atom stereocenters. The van der Waals surface area contributed by atoms with E-state index < -0.39 is 5.97 Å². The van der Waals surface area contributed by atoms with Gasteiger partial charge in [-0.25, -0.2) is 4.79 Å². The van der Waals surface area contributed by atoms with Crippen LogP contribution in [0.15, 0.2) is 5.16 Å². The second-order valence-corrected chi connectivity index (χ2v) is 3.69. The van der Waals surface area contributed by atoms with Gasteiger partial charge in [0.1, 0.15) is 0 Å². The van der Waals surface area contributed by atoms with E-state index in [1.54, 1.807) is 4.57 Å². The Balaban J connectivity index is 2.44. The van der Waals surface area contributed by atoms with Crippen molar-refractivity contribution >= 4 is 17.7 Å². The molecular formula is C7H9N3O2S. The third kappa shape index (κ3) is 1.41. The van der Waals surface area contributed by atoms with Gasteiger partial charge in [0, 0.05) is 6.04 Å². The zero-order valence-electron chi connectivity index (χ0n) is 7.10. The molecule has 0 unspecified atom stereocenters. The Labute approximate surface area is 79.2 Å². The van der Waals surface area contributed by atoms with Gasteiger partial charge in [-0.2, -0.15) is 0 Å². The van der Waals surface area contributed by atoms with Crippen LogP contribution in [-0.2, 0) is 0 Å². The lowest BCUT2D eigenvalue weighted by atomic mass is 10.5. The van der Waals surface area contributed by atoms with Crippen LogP contribution < -0.4 is 0 Å². The van der Waals surface area contributed by atoms with Crippen LogP contribution >= 0.6 is 11.8 Å². The van der Waals surface area contributed by atoms with Crippen molar-refractivity contribution in [3.05, 3.63) is 5.82 Å². The first-order valence-corrected chi connectivity index (χ1v) is 5.18. The Morgan fingerprint density at radius 2 is 2.31 bits per heavy atom. The van der Waals surface area contributed by atoms with Crippen molar-refractivity contribution in [1.29, 1.82) is 0 Å². The maximum atomic E-state index is 10.8. The molecule has 1 aliphatic rings. The summed E-state index contributed by atoms with van der Waals surface area (Å²) in [5, 5.41) is 17.0. The van der Waals surface area contributed by atoms with Crippen LogP contribution in [0.1, 0.15) is 29.5 Å². The molecule has 13 heavy (non-hydrogen) atoms. The van der Waals surface area contributed by atoms with Crippen LogP contribution in [0.4, 0.5) is 0 Å². The van der Waals surface area contributed by atoms with E-state index in [-0.39, 0.29) is 5.82 Å². The smallest absolute Gasteiger partial charge is 0.374 e. The number of thioether (sulfide) groups is 1. The van der Waals surface area contributed by atoms with Gasteiger partial charge in [-0.15, -0.1) is 10.2 Å². The number of carboxylic acid groups (broad SMARTS) is 1. The normalized spacial score (nSPS) is 16.1. The lowest BCUT2D eigenvalue weighted by molar-refractivity contribution is 0.0676. The van der Waals surface area contributed by atoms with Gasteiger partial charge in [-0.05, 0) is 19.1 Å². The van der Waals surface area contributed by atoms with Gasteiger partial charge < -0.3 is 5.11 Å². The summed E-state index contributed by atoms with van der Waals surface area (Å²) in [6.45, 7) is 0. The molecule has 70 valence electrons. The lowest BCUT2D eigenvalue weighted by Crippen LogP contribution is -2.09.